The second-order valence-corrected chi connectivity index (χ2v) is 9.79. The largest absolute Gasteiger partial charge is 0.335 e. The second-order valence-electron chi connectivity index (χ2n) is 8.97. The van der Waals surface area contributed by atoms with E-state index in [1.165, 1.54) is 5.56 Å². The van der Waals surface area contributed by atoms with Gasteiger partial charge in [-0.1, -0.05) is 71.8 Å². The summed E-state index contributed by atoms with van der Waals surface area (Å²) in [6, 6.07) is 17.1. The van der Waals surface area contributed by atoms with Gasteiger partial charge in [0, 0.05) is 67.5 Å². The highest BCUT2D eigenvalue weighted by Crippen LogP contribution is 2.27. The molecule has 3 heterocycles. The molecule has 1 aromatic heterocycles. The van der Waals surface area contributed by atoms with Crippen molar-refractivity contribution in [2.45, 2.75) is 13.1 Å². The summed E-state index contributed by atoms with van der Waals surface area (Å²) >= 11 is 12.6. The summed E-state index contributed by atoms with van der Waals surface area (Å²) < 4.78 is 1.63. The summed E-state index contributed by atoms with van der Waals surface area (Å²) in [5.74, 6) is -0.316. The molecule has 0 bridgehead atoms. The van der Waals surface area contributed by atoms with E-state index in [0.29, 0.717) is 54.2 Å². The third kappa shape index (κ3) is 5.33. The Labute approximate surface area is 220 Å². The number of carbonyl (C=O) groups excluding carboxylic acids is 2. The predicted molar refractivity (Wildman–Crippen MR) is 141 cm³/mol. The molecule has 0 saturated carbocycles. The average molecular weight is 524 g/mol. The third-order valence-electron chi connectivity index (χ3n) is 6.63. The van der Waals surface area contributed by atoms with Crippen LogP contribution >= 0.6 is 23.2 Å². The van der Waals surface area contributed by atoms with Crippen LogP contribution in [0.1, 0.15) is 32.1 Å². The quantitative estimate of drug-likeness (QED) is 0.482. The Morgan fingerprint density at radius 3 is 2.36 bits per heavy atom. The van der Waals surface area contributed by atoms with Gasteiger partial charge in [-0.05, 0) is 17.7 Å². The van der Waals surface area contributed by atoms with Crippen molar-refractivity contribution in [3.8, 4) is 0 Å². The molecule has 2 amide bonds. The van der Waals surface area contributed by atoms with Crippen molar-refractivity contribution in [2.75, 3.05) is 39.3 Å². The van der Waals surface area contributed by atoms with E-state index in [4.69, 9.17) is 23.2 Å². The predicted octanol–water partition coefficient (Wildman–Crippen LogP) is 4.32. The zero-order valence-corrected chi connectivity index (χ0v) is 21.3. The molecule has 0 unspecified atom stereocenters. The Kier molecular flexibility index (Phi) is 7.41. The number of carbonyl (C=O) groups is 2. The lowest BCUT2D eigenvalue weighted by Gasteiger charge is -2.33. The molecule has 0 N–H and O–H groups in total. The van der Waals surface area contributed by atoms with E-state index in [2.05, 4.69) is 34.3 Å². The van der Waals surface area contributed by atoms with Gasteiger partial charge < -0.3 is 9.80 Å². The first kappa shape index (κ1) is 24.6. The molecule has 1 saturated heterocycles. The first-order valence-corrected chi connectivity index (χ1v) is 12.8. The fourth-order valence-corrected chi connectivity index (χ4v) is 5.08. The van der Waals surface area contributed by atoms with Crippen LogP contribution in [0.2, 0.25) is 10.0 Å². The van der Waals surface area contributed by atoms with Crippen molar-refractivity contribution in [1.29, 1.82) is 0 Å². The molecule has 3 aromatic rings. The molecule has 7 nitrogen and oxygen atoms in total. The number of halogens is 2. The van der Waals surface area contributed by atoms with Crippen molar-refractivity contribution < 1.29 is 9.59 Å². The summed E-state index contributed by atoms with van der Waals surface area (Å²) in [4.78, 5) is 32.1. The normalized spacial score (nSPS) is 16.6. The maximum Gasteiger partial charge on any atom is 0.274 e. The summed E-state index contributed by atoms with van der Waals surface area (Å²) in [5.41, 5.74) is 2.62. The van der Waals surface area contributed by atoms with Crippen molar-refractivity contribution in [3.05, 3.63) is 93.2 Å². The van der Waals surface area contributed by atoms with Gasteiger partial charge in [0.05, 0.1) is 6.54 Å². The molecule has 2 aromatic carbocycles. The highest BCUT2D eigenvalue weighted by Gasteiger charge is 2.30. The van der Waals surface area contributed by atoms with Crippen LogP contribution in [0, 0.1) is 0 Å². The van der Waals surface area contributed by atoms with Crippen molar-refractivity contribution in [3.63, 3.8) is 0 Å². The maximum absolute atomic E-state index is 13.1. The van der Waals surface area contributed by atoms with E-state index in [1.54, 1.807) is 33.8 Å². The number of aromatic nitrogens is 2. The SMILES string of the molecule is O=C(c1cc2n(n1)CCN(Cc1c(Cl)cccc1Cl)C2=O)N1CCN(C/C=C/c2ccccc2)CC1. The molecular formula is C27H27Cl2N5O2. The molecule has 0 spiro atoms. The minimum atomic E-state index is -0.182. The van der Waals surface area contributed by atoms with Crippen molar-refractivity contribution in [2.24, 2.45) is 0 Å². The number of amides is 2. The van der Waals surface area contributed by atoms with Crippen LogP contribution in [0.3, 0.4) is 0 Å². The van der Waals surface area contributed by atoms with E-state index in [0.717, 1.165) is 25.2 Å². The molecule has 5 rings (SSSR count). The lowest BCUT2D eigenvalue weighted by molar-refractivity contribution is 0.0639. The Morgan fingerprint density at radius 2 is 1.64 bits per heavy atom. The summed E-state index contributed by atoms with van der Waals surface area (Å²) in [5, 5.41) is 5.51. The minimum Gasteiger partial charge on any atom is -0.335 e. The minimum absolute atomic E-state index is 0.134. The number of fused-ring (bicyclic) bond motifs is 1. The van der Waals surface area contributed by atoms with Crippen LogP contribution < -0.4 is 0 Å². The number of nitrogens with zero attached hydrogens (tertiary/aromatic N) is 5. The monoisotopic (exact) mass is 523 g/mol. The van der Waals surface area contributed by atoms with Gasteiger partial charge in [0.15, 0.2) is 5.69 Å². The van der Waals surface area contributed by atoms with E-state index >= 15 is 0 Å². The average Bonchev–Trinajstić information content (AvgIpc) is 3.34. The fraction of sp³-hybridized carbons (Fsp3) is 0.296. The van der Waals surface area contributed by atoms with Crippen LogP contribution in [0.4, 0.5) is 0 Å². The molecule has 0 aliphatic carbocycles. The Morgan fingerprint density at radius 1 is 0.917 bits per heavy atom. The van der Waals surface area contributed by atoms with E-state index in [9.17, 15) is 9.59 Å². The molecule has 9 heteroatoms. The van der Waals surface area contributed by atoms with Gasteiger partial charge >= 0.3 is 0 Å². The zero-order chi connectivity index (χ0) is 25.1. The number of hydrogen-bond acceptors (Lipinski definition) is 4. The van der Waals surface area contributed by atoms with E-state index in [-0.39, 0.29) is 11.8 Å². The highest BCUT2D eigenvalue weighted by molar-refractivity contribution is 6.36. The molecule has 2 aliphatic rings. The summed E-state index contributed by atoms with van der Waals surface area (Å²) in [7, 11) is 0. The van der Waals surface area contributed by atoms with Gasteiger partial charge in [0.25, 0.3) is 11.8 Å². The van der Waals surface area contributed by atoms with Gasteiger partial charge in [-0.25, -0.2) is 0 Å². The molecule has 186 valence electrons. The van der Waals surface area contributed by atoms with Crippen LogP contribution in [0.25, 0.3) is 6.08 Å². The maximum atomic E-state index is 13.1. The summed E-state index contributed by atoms with van der Waals surface area (Å²) in [6.07, 6.45) is 4.27. The molecular weight excluding hydrogens is 497 g/mol. The van der Waals surface area contributed by atoms with E-state index < -0.39 is 0 Å². The van der Waals surface area contributed by atoms with Gasteiger partial charge in [-0.3, -0.25) is 19.2 Å². The molecule has 36 heavy (non-hydrogen) atoms. The third-order valence-corrected chi connectivity index (χ3v) is 7.34. The number of benzene rings is 2. The zero-order valence-electron chi connectivity index (χ0n) is 19.8. The lowest BCUT2D eigenvalue weighted by Crippen LogP contribution is -2.48. The van der Waals surface area contributed by atoms with Crippen molar-refractivity contribution >= 4 is 41.1 Å². The van der Waals surface area contributed by atoms with Crippen LogP contribution in [-0.2, 0) is 13.1 Å². The standard InChI is InChI=1S/C27H27Cl2N5O2/c28-22-9-4-10-23(29)21(22)19-33-16-17-34-25(27(33)36)18-24(30-34)26(35)32-14-12-31(13-15-32)11-5-8-20-6-2-1-3-7-20/h1-10,18H,11-17,19H2/b8-5+. The smallest absolute Gasteiger partial charge is 0.274 e. The van der Waals surface area contributed by atoms with Gasteiger partial charge in [0.1, 0.15) is 5.69 Å². The molecule has 0 radical (unpaired) electrons. The topological polar surface area (TPSA) is 61.7 Å². The van der Waals surface area contributed by atoms with Crippen LogP contribution in [-0.4, -0.2) is 75.6 Å². The molecule has 1 fully saturated rings. The molecule has 0 atom stereocenters. The Bertz CT molecular complexity index is 1260. The lowest BCUT2D eigenvalue weighted by atomic mass is 10.1. The van der Waals surface area contributed by atoms with Crippen LogP contribution in [0.5, 0.6) is 0 Å². The Balaban J connectivity index is 1.18. The first-order chi connectivity index (χ1) is 17.5. The number of rotatable bonds is 6. The van der Waals surface area contributed by atoms with Crippen molar-refractivity contribution in [1.82, 2.24) is 24.5 Å². The van der Waals surface area contributed by atoms with Gasteiger partial charge in [0.2, 0.25) is 0 Å². The first-order valence-electron chi connectivity index (χ1n) is 12.0. The fourth-order valence-electron chi connectivity index (χ4n) is 4.57. The molecule has 2 aliphatic heterocycles. The Hall–Kier alpha value is -3.13. The van der Waals surface area contributed by atoms with Gasteiger partial charge in [-0.15, -0.1) is 0 Å². The van der Waals surface area contributed by atoms with Gasteiger partial charge in [-0.2, -0.15) is 5.10 Å². The second kappa shape index (κ2) is 10.9. The highest BCUT2D eigenvalue weighted by atomic mass is 35.5. The summed E-state index contributed by atoms with van der Waals surface area (Å²) in [6.45, 7) is 4.99. The number of hydrogen-bond donors (Lipinski definition) is 0. The van der Waals surface area contributed by atoms with Crippen LogP contribution in [0.15, 0.2) is 60.7 Å². The van der Waals surface area contributed by atoms with E-state index in [1.807, 2.05) is 23.1 Å². The number of piperazine rings is 1.